The standard InChI is InChI=1S/C12H22O11.H2O/c13-1-3-5(15)6(16)9(19)12(22-3)23-10-4(2-14)21-11(20)8(18)7(10)17;/h3-20H,1-2H2;1H2/t3-,4+,5-,6+,7-,8-,9-,10-,11+,12-;/m1./s1/i1D2,2D2,3D,4D,5D,6D,7D,8D,9D,10D,11D,12D;. The molecule has 0 amide bonds. The van der Waals surface area contributed by atoms with E-state index >= 15 is 0 Å². The summed E-state index contributed by atoms with van der Waals surface area (Å²) < 4.78 is 119. The number of ether oxygens (including phenoxy) is 3. The molecule has 10 N–H and O–H groups in total. The maximum Gasteiger partial charge on any atom is 0.187 e. The Kier molecular flexibility index (Phi) is 3.09. The molecule has 2 aliphatic rings. The average molecular weight is 374 g/mol. The highest BCUT2D eigenvalue weighted by molar-refractivity contribution is 4.93. The minimum absolute atomic E-state index is 0. The van der Waals surface area contributed by atoms with Gasteiger partial charge in [-0.25, -0.2) is 0 Å². The van der Waals surface area contributed by atoms with E-state index in [0.29, 0.717) is 0 Å². The highest BCUT2D eigenvalue weighted by atomic mass is 16.7. The molecule has 10 atom stereocenters. The molecule has 2 aliphatic heterocycles. The van der Waals surface area contributed by atoms with Gasteiger partial charge in [-0.3, -0.25) is 0 Å². The van der Waals surface area contributed by atoms with Gasteiger partial charge in [-0.2, -0.15) is 0 Å². The number of rotatable bonds is 4. The smallest absolute Gasteiger partial charge is 0.187 e. The summed E-state index contributed by atoms with van der Waals surface area (Å²) in [5.74, 6) is 0. The second-order valence-corrected chi connectivity index (χ2v) is 3.85. The van der Waals surface area contributed by atoms with E-state index in [1.54, 1.807) is 0 Å². The topological polar surface area (TPSA) is 221 Å². The molecule has 0 aromatic heterocycles. The largest absolute Gasteiger partial charge is 0.412 e. The van der Waals surface area contributed by atoms with Crippen molar-refractivity contribution >= 4 is 0 Å². The van der Waals surface area contributed by atoms with Crippen molar-refractivity contribution in [2.24, 2.45) is 0 Å². The van der Waals surface area contributed by atoms with Crippen LogP contribution in [-0.4, -0.2) is 121 Å². The summed E-state index contributed by atoms with van der Waals surface area (Å²) >= 11 is 0. The molecule has 0 radical (unpaired) electrons. The minimum Gasteiger partial charge on any atom is -0.412 e. The van der Waals surface area contributed by atoms with Gasteiger partial charge in [0.1, 0.15) is 48.6 Å². The number of hydrogen-bond donors (Lipinski definition) is 8. The molecule has 24 heavy (non-hydrogen) atoms. The van der Waals surface area contributed by atoms with Crippen LogP contribution in [0.2, 0.25) is 0 Å². The van der Waals surface area contributed by atoms with Gasteiger partial charge in [0, 0.05) is 0 Å². The summed E-state index contributed by atoms with van der Waals surface area (Å²) in [6.45, 7) is -9.03. The zero-order valence-corrected chi connectivity index (χ0v) is 11.3. The van der Waals surface area contributed by atoms with E-state index in [9.17, 15) is 40.9 Å². The Morgan fingerprint density at radius 3 is 1.92 bits per heavy atom. The second kappa shape index (κ2) is 8.75. The molecule has 0 unspecified atom stereocenters. The SMILES string of the molecule is O.[2H]C([2H])(O)[C@]1([2H])O[C@]([2H])(O)[C@]([2H])(O)[C@@]([2H])(O)[C@]1([2H])O[C@@]1([2H])O[C@]([2H])(C([2H])([2H])O)[C@@]([2H])(O)[C@]([2H])(O)[C@@]1([2H])O. The van der Waals surface area contributed by atoms with Gasteiger partial charge in [0.25, 0.3) is 0 Å². The molecule has 2 fully saturated rings. The van der Waals surface area contributed by atoms with Crippen molar-refractivity contribution in [1.82, 2.24) is 0 Å². The van der Waals surface area contributed by atoms with Crippen molar-refractivity contribution in [3.05, 3.63) is 0 Å². The summed E-state index contributed by atoms with van der Waals surface area (Å²) in [6, 6.07) is 0. The molecule has 144 valence electrons. The molecule has 0 spiro atoms. The van der Waals surface area contributed by atoms with Crippen LogP contribution in [0.3, 0.4) is 0 Å². The molecule has 2 heterocycles. The number of hydrogen-bond acceptors (Lipinski definition) is 11. The molecule has 0 aromatic carbocycles. The van der Waals surface area contributed by atoms with Crippen molar-refractivity contribution in [2.75, 3.05) is 13.1 Å². The lowest BCUT2D eigenvalue weighted by Crippen LogP contribution is -2.64. The molecule has 12 nitrogen and oxygen atoms in total. The maximum absolute atomic E-state index is 10.5. The van der Waals surface area contributed by atoms with Crippen molar-refractivity contribution in [3.8, 4) is 0 Å². The third-order valence-electron chi connectivity index (χ3n) is 2.50. The van der Waals surface area contributed by atoms with Crippen molar-refractivity contribution < 1.29 is 79.7 Å². The van der Waals surface area contributed by atoms with Crippen LogP contribution in [0.5, 0.6) is 0 Å². The second-order valence-electron chi connectivity index (χ2n) is 3.85. The minimum atomic E-state index is -4.98. The molecule has 0 bridgehead atoms. The van der Waals surface area contributed by atoms with Crippen LogP contribution in [0, 0.1) is 0 Å². The molecule has 12 heteroatoms. The molecule has 0 saturated carbocycles. The van der Waals surface area contributed by atoms with Crippen LogP contribution in [0.4, 0.5) is 0 Å². The number of aliphatic hydroxyl groups is 8. The maximum atomic E-state index is 10.5. The summed E-state index contributed by atoms with van der Waals surface area (Å²) in [7, 11) is 0. The van der Waals surface area contributed by atoms with Crippen LogP contribution in [0.25, 0.3) is 0 Å². The normalized spacial score (nSPS) is 89.8. The predicted molar refractivity (Wildman–Crippen MR) is 72.2 cm³/mol. The lowest BCUT2D eigenvalue weighted by atomic mass is 9.97. The van der Waals surface area contributed by atoms with E-state index in [1.165, 1.54) is 0 Å². The van der Waals surface area contributed by atoms with Gasteiger partial charge in [0.15, 0.2) is 12.5 Å². The van der Waals surface area contributed by atoms with E-state index in [0.717, 1.165) is 0 Å². The lowest BCUT2D eigenvalue weighted by Gasteiger charge is -2.45. The molecule has 2 saturated heterocycles. The Morgan fingerprint density at radius 1 is 0.792 bits per heavy atom. The molecule has 0 aromatic rings. The molecule has 2 rings (SSSR count). The first-order valence-corrected chi connectivity index (χ1v) is 5.51. The van der Waals surface area contributed by atoms with E-state index in [2.05, 4.69) is 14.2 Å². The Balaban J connectivity index is 0.00000722. The van der Waals surface area contributed by atoms with Gasteiger partial charge >= 0.3 is 0 Å². The third kappa shape index (κ3) is 4.01. The first-order chi connectivity index (χ1) is 15.6. The van der Waals surface area contributed by atoms with Crippen molar-refractivity contribution in [2.45, 2.75) is 61.2 Å². The molecular weight excluding hydrogens is 336 g/mol. The van der Waals surface area contributed by atoms with E-state index in [4.69, 9.17) is 19.2 Å². The molecule has 0 aliphatic carbocycles. The summed E-state index contributed by atoms with van der Waals surface area (Å²) in [4.78, 5) is 0. The Morgan fingerprint density at radius 2 is 1.38 bits per heavy atom. The van der Waals surface area contributed by atoms with Gasteiger partial charge < -0.3 is 60.5 Å². The van der Waals surface area contributed by atoms with E-state index in [-0.39, 0.29) is 5.48 Å². The van der Waals surface area contributed by atoms with E-state index in [1.807, 2.05) is 0 Å². The highest BCUT2D eigenvalue weighted by Crippen LogP contribution is 2.28. The van der Waals surface area contributed by atoms with Crippen LogP contribution in [-0.2, 0) is 14.2 Å². The van der Waals surface area contributed by atoms with Crippen LogP contribution in [0.1, 0.15) is 19.2 Å². The summed E-state index contributed by atoms with van der Waals surface area (Å²) in [5.41, 5.74) is 0. The zero-order valence-electron chi connectivity index (χ0n) is 25.3. The van der Waals surface area contributed by atoms with Crippen molar-refractivity contribution in [3.63, 3.8) is 0 Å². The van der Waals surface area contributed by atoms with Crippen molar-refractivity contribution in [1.29, 1.82) is 0 Å². The fraction of sp³-hybridized carbons (Fsp3) is 1.00. The van der Waals surface area contributed by atoms with Gasteiger partial charge in [-0.15, -0.1) is 0 Å². The first kappa shape index (κ1) is 8.47. The quantitative estimate of drug-likeness (QED) is 0.231. The Labute approximate surface area is 156 Å². The van der Waals surface area contributed by atoms with Crippen LogP contribution < -0.4 is 0 Å². The fourth-order valence-corrected chi connectivity index (χ4v) is 1.42. The summed E-state index contributed by atoms with van der Waals surface area (Å²) in [5, 5.41) is 80.8. The van der Waals surface area contributed by atoms with Gasteiger partial charge in [0.05, 0.1) is 32.3 Å². The summed E-state index contributed by atoms with van der Waals surface area (Å²) in [6.07, 6.45) is -47.7. The van der Waals surface area contributed by atoms with E-state index < -0.39 is 74.3 Å². The van der Waals surface area contributed by atoms with Gasteiger partial charge in [-0.05, 0) is 0 Å². The predicted octanol–water partition coefficient (Wildman–Crippen LogP) is -6.22. The van der Waals surface area contributed by atoms with Gasteiger partial charge in [-0.1, -0.05) is 0 Å². The monoisotopic (exact) mass is 374 g/mol. The lowest BCUT2D eigenvalue weighted by molar-refractivity contribution is -0.355. The molecular formula is C12H24O12. The Bertz CT molecular complexity index is 951. The fourth-order valence-electron chi connectivity index (χ4n) is 1.42. The first-order valence-electron chi connectivity index (χ1n) is 12.5. The Hall–Kier alpha value is -0.480. The third-order valence-corrected chi connectivity index (χ3v) is 2.50. The average Bonchev–Trinajstić information content (AvgIpc) is 2.62. The zero-order chi connectivity index (χ0) is 30.1. The van der Waals surface area contributed by atoms with Gasteiger partial charge in [0.2, 0.25) is 0 Å². The van der Waals surface area contributed by atoms with Crippen LogP contribution >= 0.6 is 0 Å². The highest BCUT2D eigenvalue weighted by Gasteiger charge is 2.50. The van der Waals surface area contributed by atoms with Crippen LogP contribution in [0.15, 0.2) is 0 Å².